The Hall–Kier alpha value is 0.0200. The van der Waals surface area contributed by atoms with Gasteiger partial charge in [0.1, 0.15) is 0 Å². The third-order valence-corrected chi connectivity index (χ3v) is 2.79. The third kappa shape index (κ3) is 3.61. The fourth-order valence-corrected chi connectivity index (χ4v) is 2.27. The second-order valence-corrected chi connectivity index (χ2v) is 4.08. The first-order chi connectivity index (χ1) is 5.83. The minimum Gasteiger partial charge on any atom is -0.487 e. The number of hydrogen-bond donors (Lipinski definition) is 0. The highest BCUT2D eigenvalue weighted by Crippen LogP contribution is 2.26. The Bertz CT molecular complexity index is 148. The molecule has 1 aliphatic carbocycles. The quantitative estimate of drug-likeness (QED) is 0.673. The van der Waals surface area contributed by atoms with Crippen molar-refractivity contribution in [3.05, 3.63) is 10.7 Å². The van der Waals surface area contributed by atoms with Crippen LogP contribution in [-0.2, 0) is 4.74 Å². The van der Waals surface area contributed by atoms with Gasteiger partial charge in [-0.25, -0.2) is 0 Å². The van der Waals surface area contributed by atoms with E-state index in [4.69, 9.17) is 4.74 Å². The van der Waals surface area contributed by atoms with E-state index in [9.17, 15) is 0 Å². The predicted molar refractivity (Wildman–Crippen MR) is 55.2 cm³/mol. The van der Waals surface area contributed by atoms with Crippen molar-refractivity contribution >= 4 is 15.9 Å². The Labute approximate surface area is 83.3 Å². The fraction of sp³-hybridized carbons (Fsp3) is 0.800. The Morgan fingerprint density at radius 1 is 1.42 bits per heavy atom. The van der Waals surface area contributed by atoms with E-state index in [1.54, 1.807) is 0 Å². The summed E-state index contributed by atoms with van der Waals surface area (Å²) in [5.41, 5.74) is 0. The maximum Gasteiger partial charge on any atom is 0.158 e. The van der Waals surface area contributed by atoms with Crippen molar-refractivity contribution in [2.75, 3.05) is 6.61 Å². The van der Waals surface area contributed by atoms with Crippen LogP contribution in [0.25, 0.3) is 0 Å². The molecule has 0 saturated heterocycles. The largest absolute Gasteiger partial charge is 0.487 e. The van der Waals surface area contributed by atoms with Crippen LogP contribution in [0.5, 0.6) is 0 Å². The topological polar surface area (TPSA) is 9.23 Å². The summed E-state index contributed by atoms with van der Waals surface area (Å²) in [6.07, 6.45) is 9.07. The average Bonchev–Trinajstić information content (AvgIpc) is 2.06. The molecule has 0 aromatic carbocycles. The number of hydrogen-bond acceptors (Lipinski definition) is 1. The standard InChI is InChI=1S/C10H17BrO/c1-2-12-10(11)8-9-6-4-3-5-7-9/h8-9H,2-7H2,1H3/b10-8-. The monoisotopic (exact) mass is 232 g/mol. The van der Waals surface area contributed by atoms with Crippen molar-refractivity contribution in [1.82, 2.24) is 0 Å². The van der Waals surface area contributed by atoms with Crippen LogP contribution in [-0.4, -0.2) is 6.61 Å². The Balaban J connectivity index is 2.31. The molecule has 0 aliphatic heterocycles. The number of halogens is 1. The molecule has 1 rings (SSSR count). The molecule has 70 valence electrons. The van der Waals surface area contributed by atoms with Crippen molar-refractivity contribution in [2.24, 2.45) is 5.92 Å². The number of allylic oxidation sites excluding steroid dienone is 1. The second kappa shape index (κ2) is 5.63. The van der Waals surface area contributed by atoms with Crippen LogP contribution >= 0.6 is 15.9 Å². The molecule has 1 saturated carbocycles. The zero-order valence-electron chi connectivity index (χ0n) is 7.68. The van der Waals surface area contributed by atoms with Gasteiger partial charge in [-0.3, -0.25) is 0 Å². The van der Waals surface area contributed by atoms with E-state index in [-0.39, 0.29) is 0 Å². The molecule has 0 spiro atoms. The first-order valence-corrected chi connectivity index (χ1v) is 5.62. The Morgan fingerprint density at radius 2 is 2.08 bits per heavy atom. The van der Waals surface area contributed by atoms with E-state index in [2.05, 4.69) is 22.0 Å². The molecular formula is C10H17BrO. The van der Waals surface area contributed by atoms with Gasteiger partial charge in [0.2, 0.25) is 0 Å². The molecule has 12 heavy (non-hydrogen) atoms. The molecule has 0 radical (unpaired) electrons. The van der Waals surface area contributed by atoms with Gasteiger partial charge in [-0.15, -0.1) is 0 Å². The van der Waals surface area contributed by atoms with Gasteiger partial charge in [-0.05, 0) is 47.7 Å². The number of ether oxygens (including phenoxy) is 1. The highest BCUT2D eigenvalue weighted by molar-refractivity contribution is 9.11. The van der Waals surface area contributed by atoms with Crippen LogP contribution in [0.4, 0.5) is 0 Å². The van der Waals surface area contributed by atoms with Crippen LogP contribution in [0.1, 0.15) is 39.0 Å². The molecule has 0 aromatic rings. The van der Waals surface area contributed by atoms with Crippen LogP contribution in [0.3, 0.4) is 0 Å². The molecule has 0 bridgehead atoms. The van der Waals surface area contributed by atoms with E-state index in [1.165, 1.54) is 32.1 Å². The number of rotatable bonds is 3. The SMILES string of the molecule is CCO/C(Br)=C\C1CCCCC1. The molecular weight excluding hydrogens is 216 g/mol. The zero-order chi connectivity index (χ0) is 8.81. The predicted octanol–water partition coefficient (Wildman–Crippen LogP) is 3.84. The first kappa shape index (κ1) is 10.1. The molecule has 0 unspecified atom stereocenters. The lowest BCUT2D eigenvalue weighted by molar-refractivity contribution is 0.255. The molecule has 2 heteroatoms. The van der Waals surface area contributed by atoms with Gasteiger partial charge in [-0.2, -0.15) is 0 Å². The molecule has 0 heterocycles. The van der Waals surface area contributed by atoms with Crippen molar-refractivity contribution in [1.29, 1.82) is 0 Å². The van der Waals surface area contributed by atoms with Gasteiger partial charge in [0.15, 0.2) is 4.67 Å². The lowest BCUT2D eigenvalue weighted by Gasteiger charge is -2.18. The maximum atomic E-state index is 5.32. The summed E-state index contributed by atoms with van der Waals surface area (Å²) in [5, 5.41) is 0. The minimum absolute atomic E-state index is 0.750. The van der Waals surface area contributed by atoms with Gasteiger partial charge < -0.3 is 4.74 Å². The van der Waals surface area contributed by atoms with Crippen LogP contribution < -0.4 is 0 Å². The highest BCUT2D eigenvalue weighted by atomic mass is 79.9. The van der Waals surface area contributed by atoms with Gasteiger partial charge >= 0.3 is 0 Å². The van der Waals surface area contributed by atoms with Gasteiger partial charge in [0.05, 0.1) is 6.61 Å². The van der Waals surface area contributed by atoms with E-state index in [0.717, 1.165) is 17.2 Å². The van der Waals surface area contributed by atoms with E-state index in [0.29, 0.717) is 0 Å². The molecule has 1 aliphatic rings. The summed E-state index contributed by atoms with van der Waals surface area (Å²) in [4.78, 5) is 0. The van der Waals surface area contributed by atoms with Crippen LogP contribution in [0.2, 0.25) is 0 Å². The minimum atomic E-state index is 0.750. The molecule has 0 atom stereocenters. The van der Waals surface area contributed by atoms with Crippen LogP contribution in [0.15, 0.2) is 10.7 Å². The first-order valence-electron chi connectivity index (χ1n) is 4.83. The van der Waals surface area contributed by atoms with Gasteiger partial charge in [0, 0.05) is 0 Å². The Kier molecular flexibility index (Phi) is 4.74. The van der Waals surface area contributed by atoms with Crippen molar-refractivity contribution in [3.63, 3.8) is 0 Å². The van der Waals surface area contributed by atoms with E-state index in [1.807, 2.05) is 6.92 Å². The summed E-state index contributed by atoms with van der Waals surface area (Å²) >= 11 is 3.41. The summed E-state index contributed by atoms with van der Waals surface area (Å²) in [6, 6.07) is 0. The Morgan fingerprint density at radius 3 is 2.67 bits per heavy atom. The zero-order valence-corrected chi connectivity index (χ0v) is 9.27. The van der Waals surface area contributed by atoms with E-state index < -0.39 is 0 Å². The summed E-state index contributed by atoms with van der Waals surface area (Å²) in [5.74, 6) is 0.750. The molecule has 0 amide bonds. The normalized spacial score (nSPS) is 21.0. The maximum absolute atomic E-state index is 5.32. The third-order valence-electron chi connectivity index (χ3n) is 2.30. The van der Waals surface area contributed by atoms with Gasteiger partial charge in [-0.1, -0.05) is 19.3 Å². The van der Waals surface area contributed by atoms with Crippen molar-refractivity contribution in [3.8, 4) is 0 Å². The molecule has 0 aromatic heterocycles. The summed E-state index contributed by atoms with van der Waals surface area (Å²) in [7, 11) is 0. The smallest absolute Gasteiger partial charge is 0.158 e. The molecule has 1 fully saturated rings. The van der Waals surface area contributed by atoms with Crippen LogP contribution in [0, 0.1) is 5.92 Å². The van der Waals surface area contributed by atoms with Crippen molar-refractivity contribution < 1.29 is 4.74 Å². The van der Waals surface area contributed by atoms with Gasteiger partial charge in [0.25, 0.3) is 0 Å². The average molecular weight is 233 g/mol. The molecule has 0 N–H and O–H groups in total. The lowest BCUT2D eigenvalue weighted by Crippen LogP contribution is -2.03. The second-order valence-electron chi connectivity index (χ2n) is 3.30. The van der Waals surface area contributed by atoms with Crippen molar-refractivity contribution in [2.45, 2.75) is 39.0 Å². The highest BCUT2D eigenvalue weighted by Gasteiger charge is 2.11. The summed E-state index contributed by atoms with van der Waals surface area (Å²) in [6.45, 7) is 2.76. The fourth-order valence-electron chi connectivity index (χ4n) is 1.67. The lowest BCUT2D eigenvalue weighted by atomic mass is 9.89. The van der Waals surface area contributed by atoms with E-state index >= 15 is 0 Å². The molecule has 1 nitrogen and oxygen atoms in total. The summed E-state index contributed by atoms with van der Waals surface area (Å²) < 4.78 is 6.25.